The lowest BCUT2D eigenvalue weighted by molar-refractivity contribution is 0.122. The highest BCUT2D eigenvalue weighted by Crippen LogP contribution is 2.19. The van der Waals surface area contributed by atoms with Gasteiger partial charge in [-0.3, -0.25) is 0 Å². The van der Waals surface area contributed by atoms with Gasteiger partial charge in [0.2, 0.25) is 0 Å². The number of para-hydroxylation sites is 2. The van der Waals surface area contributed by atoms with Crippen molar-refractivity contribution in [3.05, 3.63) is 30.1 Å². The van der Waals surface area contributed by atoms with E-state index in [0.29, 0.717) is 6.42 Å². The molecule has 1 unspecified atom stereocenters. The van der Waals surface area contributed by atoms with Gasteiger partial charge in [0, 0.05) is 13.0 Å². The first-order valence-electron chi connectivity index (χ1n) is 6.75. The van der Waals surface area contributed by atoms with E-state index in [2.05, 4.69) is 22.5 Å². The van der Waals surface area contributed by atoms with Crippen LogP contribution in [0.15, 0.2) is 24.3 Å². The summed E-state index contributed by atoms with van der Waals surface area (Å²) in [6.07, 6.45) is 1.38. The molecule has 18 heavy (non-hydrogen) atoms. The minimum absolute atomic E-state index is 0.264. The van der Waals surface area contributed by atoms with Crippen molar-refractivity contribution >= 4 is 11.0 Å². The van der Waals surface area contributed by atoms with Crippen LogP contribution in [0.2, 0.25) is 0 Å². The molecule has 3 heteroatoms. The number of hydrogen-bond acceptors (Lipinski definition) is 2. The minimum Gasteiger partial charge on any atom is -0.392 e. The summed E-state index contributed by atoms with van der Waals surface area (Å²) >= 11 is 0. The molecule has 0 spiro atoms. The molecule has 98 valence electrons. The quantitative estimate of drug-likeness (QED) is 0.880. The highest BCUT2D eigenvalue weighted by molar-refractivity contribution is 5.75. The molecular formula is C15H22N2O. The second kappa shape index (κ2) is 5.53. The van der Waals surface area contributed by atoms with Gasteiger partial charge in [0.05, 0.1) is 17.1 Å². The summed E-state index contributed by atoms with van der Waals surface area (Å²) in [5.74, 6) is 1.26. The Balaban J connectivity index is 2.39. The first kappa shape index (κ1) is 13.1. The molecule has 0 aliphatic carbocycles. The van der Waals surface area contributed by atoms with Gasteiger partial charge in [-0.25, -0.2) is 4.98 Å². The van der Waals surface area contributed by atoms with E-state index in [0.717, 1.165) is 24.3 Å². The lowest BCUT2D eigenvalue weighted by atomic mass is 10.0. The summed E-state index contributed by atoms with van der Waals surface area (Å²) in [5, 5.41) is 10.0. The van der Waals surface area contributed by atoms with Crippen LogP contribution in [0.4, 0.5) is 0 Å². The van der Waals surface area contributed by atoms with Gasteiger partial charge in [0.15, 0.2) is 0 Å². The molecule has 1 N–H and O–H groups in total. The first-order valence-corrected chi connectivity index (χ1v) is 6.75. The van der Waals surface area contributed by atoms with E-state index in [1.54, 1.807) is 0 Å². The SMILES string of the molecule is CCCn1c(CC(O)C(C)C)nc2ccccc21. The predicted molar refractivity (Wildman–Crippen MR) is 74.6 cm³/mol. The van der Waals surface area contributed by atoms with E-state index < -0.39 is 0 Å². The van der Waals surface area contributed by atoms with Crippen molar-refractivity contribution in [2.75, 3.05) is 0 Å². The van der Waals surface area contributed by atoms with Crippen LogP contribution in [0.5, 0.6) is 0 Å². The molecule has 0 fully saturated rings. The molecule has 2 rings (SSSR count). The number of aromatic nitrogens is 2. The van der Waals surface area contributed by atoms with E-state index in [9.17, 15) is 5.11 Å². The molecule has 1 atom stereocenters. The molecule has 1 aromatic heterocycles. The molecule has 2 aromatic rings. The first-order chi connectivity index (χ1) is 8.63. The van der Waals surface area contributed by atoms with Crippen LogP contribution in [0.25, 0.3) is 11.0 Å². The topological polar surface area (TPSA) is 38.0 Å². The van der Waals surface area contributed by atoms with Crippen LogP contribution in [0.1, 0.15) is 33.0 Å². The summed E-state index contributed by atoms with van der Waals surface area (Å²) in [7, 11) is 0. The maximum Gasteiger partial charge on any atom is 0.112 e. The van der Waals surface area contributed by atoms with Crippen molar-refractivity contribution < 1.29 is 5.11 Å². The maximum atomic E-state index is 10.0. The second-order valence-electron chi connectivity index (χ2n) is 5.18. The average Bonchev–Trinajstić information content (AvgIpc) is 2.68. The Labute approximate surface area is 108 Å². The Kier molecular flexibility index (Phi) is 4.02. The molecule has 0 aliphatic heterocycles. The molecule has 0 amide bonds. The Morgan fingerprint density at radius 3 is 2.67 bits per heavy atom. The van der Waals surface area contributed by atoms with E-state index in [4.69, 9.17) is 0 Å². The maximum absolute atomic E-state index is 10.0. The number of benzene rings is 1. The van der Waals surface area contributed by atoms with E-state index in [1.165, 1.54) is 5.52 Å². The lowest BCUT2D eigenvalue weighted by Gasteiger charge is -2.15. The van der Waals surface area contributed by atoms with Crippen LogP contribution in [-0.4, -0.2) is 20.8 Å². The number of imidazole rings is 1. The predicted octanol–water partition coefficient (Wildman–Crippen LogP) is 3.01. The normalized spacial score (nSPS) is 13.4. The molecule has 0 bridgehead atoms. The third-order valence-electron chi connectivity index (χ3n) is 3.34. The number of aryl methyl sites for hydroxylation is 1. The molecule has 0 saturated heterocycles. The number of nitrogens with zero attached hydrogens (tertiary/aromatic N) is 2. The van der Waals surface area contributed by atoms with Crippen molar-refractivity contribution in [2.45, 2.75) is 46.3 Å². The molecule has 0 aliphatic rings. The van der Waals surface area contributed by atoms with Crippen molar-refractivity contribution in [2.24, 2.45) is 5.92 Å². The van der Waals surface area contributed by atoms with Crippen molar-refractivity contribution in [1.82, 2.24) is 9.55 Å². The van der Waals surface area contributed by atoms with Crippen LogP contribution < -0.4 is 0 Å². The van der Waals surface area contributed by atoms with E-state index in [1.807, 2.05) is 32.0 Å². The van der Waals surface area contributed by atoms with Crippen molar-refractivity contribution in [3.63, 3.8) is 0 Å². The monoisotopic (exact) mass is 246 g/mol. The fourth-order valence-corrected chi connectivity index (χ4v) is 2.18. The zero-order chi connectivity index (χ0) is 13.1. The molecule has 0 saturated carbocycles. The van der Waals surface area contributed by atoms with Gasteiger partial charge in [-0.2, -0.15) is 0 Å². The fraction of sp³-hybridized carbons (Fsp3) is 0.533. The highest BCUT2D eigenvalue weighted by Gasteiger charge is 2.16. The molecule has 0 radical (unpaired) electrons. The van der Waals surface area contributed by atoms with Crippen LogP contribution in [0, 0.1) is 5.92 Å². The Hall–Kier alpha value is -1.35. The lowest BCUT2D eigenvalue weighted by Crippen LogP contribution is -2.20. The van der Waals surface area contributed by atoms with Gasteiger partial charge in [-0.15, -0.1) is 0 Å². The Morgan fingerprint density at radius 1 is 1.28 bits per heavy atom. The largest absolute Gasteiger partial charge is 0.392 e. The summed E-state index contributed by atoms with van der Waals surface area (Å²) in [6, 6.07) is 8.18. The van der Waals surface area contributed by atoms with E-state index >= 15 is 0 Å². The van der Waals surface area contributed by atoms with E-state index in [-0.39, 0.29) is 12.0 Å². The van der Waals surface area contributed by atoms with Gasteiger partial charge < -0.3 is 9.67 Å². The Morgan fingerprint density at radius 2 is 2.00 bits per heavy atom. The van der Waals surface area contributed by atoms with Crippen LogP contribution >= 0.6 is 0 Å². The molecule has 1 heterocycles. The number of hydrogen-bond donors (Lipinski definition) is 1. The number of aliphatic hydroxyl groups excluding tert-OH is 1. The number of aliphatic hydroxyl groups is 1. The number of fused-ring (bicyclic) bond motifs is 1. The minimum atomic E-state index is -0.322. The summed E-state index contributed by atoms with van der Waals surface area (Å²) in [5.41, 5.74) is 2.20. The smallest absolute Gasteiger partial charge is 0.112 e. The molecular weight excluding hydrogens is 224 g/mol. The standard InChI is InChI=1S/C15H22N2O/c1-4-9-17-13-8-6-5-7-12(13)16-15(17)10-14(18)11(2)3/h5-8,11,14,18H,4,9-10H2,1-3H3. The summed E-state index contributed by atoms with van der Waals surface area (Å²) < 4.78 is 2.24. The third-order valence-corrected chi connectivity index (χ3v) is 3.34. The Bertz CT molecular complexity index is 516. The summed E-state index contributed by atoms with van der Waals surface area (Å²) in [6.45, 7) is 7.20. The van der Waals surface area contributed by atoms with Gasteiger partial charge >= 0.3 is 0 Å². The third kappa shape index (κ3) is 2.56. The van der Waals surface area contributed by atoms with Crippen molar-refractivity contribution in [1.29, 1.82) is 0 Å². The van der Waals surface area contributed by atoms with Crippen LogP contribution in [0.3, 0.4) is 0 Å². The second-order valence-corrected chi connectivity index (χ2v) is 5.18. The van der Waals surface area contributed by atoms with Gasteiger partial charge in [0.1, 0.15) is 5.82 Å². The van der Waals surface area contributed by atoms with Gasteiger partial charge in [-0.1, -0.05) is 32.9 Å². The number of rotatable bonds is 5. The van der Waals surface area contributed by atoms with Gasteiger partial charge in [0.25, 0.3) is 0 Å². The van der Waals surface area contributed by atoms with Gasteiger partial charge in [-0.05, 0) is 24.5 Å². The fourth-order valence-electron chi connectivity index (χ4n) is 2.18. The zero-order valence-corrected chi connectivity index (χ0v) is 11.4. The average molecular weight is 246 g/mol. The van der Waals surface area contributed by atoms with Crippen LogP contribution in [-0.2, 0) is 13.0 Å². The van der Waals surface area contributed by atoms with Crippen molar-refractivity contribution in [3.8, 4) is 0 Å². The zero-order valence-electron chi connectivity index (χ0n) is 11.4. The molecule has 3 nitrogen and oxygen atoms in total. The summed E-state index contributed by atoms with van der Waals surface area (Å²) in [4.78, 5) is 4.66. The highest BCUT2D eigenvalue weighted by atomic mass is 16.3. The molecule has 1 aromatic carbocycles.